The summed E-state index contributed by atoms with van der Waals surface area (Å²) in [5.41, 5.74) is 2.81. The first-order valence-corrected chi connectivity index (χ1v) is 10.9. The molecule has 3 saturated heterocycles. The Labute approximate surface area is 181 Å². The second-order valence-corrected chi connectivity index (χ2v) is 8.88. The maximum atomic E-state index is 13.3. The fourth-order valence-electron chi connectivity index (χ4n) is 4.83. The van der Waals surface area contributed by atoms with Crippen molar-refractivity contribution in [1.29, 1.82) is 0 Å². The minimum Gasteiger partial charge on any atom is -0.451 e. The second kappa shape index (κ2) is 7.85. The molecule has 0 unspecified atom stereocenters. The minimum absolute atomic E-state index is 0.0337. The maximum absolute atomic E-state index is 13.3. The van der Waals surface area contributed by atoms with Gasteiger partial charge in [-0.15, -0.1) is 0 Å². The van der Waals surface area contributed by atoms with Crippen LogP contribution in [0.1, 0.15) is 39.3 Å². The Morgan fingerprint density at radius 3 is 2.68 bits per heavy atom. The first-order valence-electron chi connectivity index (χ1n) is 10.9. The molecular weight excluding hydrogens is 390 g/mol. The van der Waals surface area contributed by atoms with Crippen LogP contribution in [-0.4, -0.2) is 54.3 Å². The van der Waals surface area contributed by atoms with E-state index in [2.05, 4.69) is 17.3 Å². The van der Waals surface area contributed by atoms with Crippen LogP contribution in [0.4, 0.5) is 5.69 Å². The Morgan fingerprint density at radius 2 is 1.87 bits per heavy atom. The molecule has 2 atom stereocenters. The van der Waals surface area contributed by atoms with E-state index in [1.807, 2.05) is 48.2 Å². The third-order valence-electron chi connectivity index (χ3n) is 6.66. The molecule has 0 radical (unpaired) electrons. The molecule has 3 aliphatic rings. The fraction of sp³-hybridized carbons (Fsp3) is 0.360. The quantitative estimate of drug-likeness (QED) is 0.695. The molecule has 0 spiro atoms. The zero-order valence-corrected chi connectivity index (χ0v) is 17.9. The highest BCUT2D eigenvalue weighted by molar-refractivity contribution is 6.05. The van der Waals surface area contributed by atoms with Crippen molar-refractivity contribution in [1.82, 2.24) is 9.80 Å². The van der Waals surface area contributed by atoms with Crippen molar-refractivity contribution >= 4 is 28.5 Å². The van der Waals surface area contributed by atoms with Gasteiger partial charge < -0.3 is 19.5 Å². The van der Waals surface area contributed by atoms with Gasteiger partial charge in [0.25, 0.3) is 11.8 Å². The predicted molar refractivity (Wildman–Crippen MR) is 120 cm³/mol. The molecule has 6 rings (SSSR count). The highest BCUT2D eigenvalue weighted by atomic mass is 16.3. The van der Waals surface area contributed by atoms with Crippen molar-refractivity contribution in [3.05, 3.63) is 65.4 Å². The van der Waals surface area contributed by atoms with Gasteiger partial charge in [0.15, 0.2) is 5.76 Å². The van der Waals surface area contributed by atoms with Gasteiger partial charge >= 0.3 is 0 Å². The molecule has 31 heavy (non-hydrogen) atoms. The van der Waals surface area contributed by atoms with Gasteiger partial charge in [0.05, 0.1) is 0 Å². The summed E-state index contributed by atoms with van der Waals surface area (Å²) in [6.07, 6.45) is 2.34. The molecule has 3 fully saturated rings. The summed E-state index contributed by atoms with van der Waals surface area (Å²) in [7, 11) is 2.16. The first-order chi connectivity index (χ1) is 15.0. The summed E-state index contributed by atoms with van der Waals surface area (Å²) in [6.45, 7) is 4.54. The summed E-state index contributed by atoms with van der Waals surface area (Å²) in [4.78, 5) is 30.5. The number of hydrogen-bond donors (Lipinski definition) is 1. The number of nitrogens with one attached hydrogen (secondary N) is 1. The summed E-state index contributed by atoms with van der Waals surface area (Å²) < 4.78 is 5.68. The number of aryl methyl sites for hydroxylation is 1. The van der Waals surface area contributed by atoms with E-state index in [1.165, 1.54) is 6.42 Å². The highest BCUT2D eigenvalue weighted by Gasteiger charge is 2.35. The molecule has 1 aromatic heterocycles. The average molecular weight is 418 g/mol. The fourth-order valence-corrected chi connectivity index (χ4v) is 4.83. The standard InChI is InChI=1S/C25H27N3O3/c1-16-7-9-19(25(30)28-14-17-8-10-20(15-28)27(2)13-17)11-21(16)26-24(29)23-12-18-5-3-4-6-22(18)31-23/h3-7,9,11-12,17,20H,8,10,13-15H2,1-2H3,(H,26,29)/t17-,20-/m0/s1. The number of piperidine rings is 1. The van der Waals surface area contributed by atoms with E-state index >= 15 is 0 Å². The Morgan fingerprint density at radius 1 is 1.03 bits per heavy atom. The molecule has 2 aromatic carbocycles. The molecule has 2 amide bonds. The van der Waals surface area contributed by atoms with Gasteiger partial charge in [-0.3, -0.25) is 9.59 Å². The van der Waals surface area contributed by atoms with Gasteiger partial charge in [0, 0.05) is 42.3 Å². The first kappa shape index (κ1) is 19.8. The normalized spacial score (nSPS) is 21.3. The van der Waals surface area contributed by atoms with E-state index in [4.69, 9.17) is 4.42 Å². The largest absolute Gasteiger partial charge is 0.451 e. The zero-order valence-electron chi connectivity index (χ0n) is 17.9. The van der Waals surface area contributed by atoms with Gasteiger partial charge in [-0.1, -0.05) is 24.3 Å². The van der Waals surface area contributed by atoms with Gasteiger partial charge in [0.1, 0.15) is 5.58 Å². The van der Waals surface area contributed by atoms with Crippen molar-refractivity contribution in [3.63, 3.8) is 0 Å². The van der Waals surface area contributed by atoms with Gasteiger partial charge in [0.2, 0.25) is 0 Å². The van der Waals surface area contributed by atoms with Crippen molar-refractivity contribution in [2.24, 2.45) is 5.92 Å². The number of furan rings is 1. The molecule has 160 valence electrons. The molecule has 4 heterocycles. The third kappa shape index (κ3) is 3.83. The van der Waals surface area contributed by atoms with Crippen molar-refractivity contribution < 1.29 is 14.0 Å². The third-order valence-corrected chi connectivity index (χ3v) is 6.66. The monoisotopic (exact) mass is 417 g/mol. The van der Waals surface area contributed by atoms with Gasteiger partial charge in [-0.05, 0) is 62.6 Å². The number of rotatable bonds is 3. The number of likely N-dealkylation sites (N-methyl/N-ethyl adjacent to an activating group) is 1. The maximum Gasteiger partial charge on any atom is 0.291 e. The number of benzene rings is 2. The summed E-state index contributed by atoms with van der Waals surface area (Å²) in [5.74, 6) is 0.500. The lowest BCUT2D eigenvalue weighted by atomic mass is 9.96. The van der Waals surface area contributed by atoms with Crippen molar-refractivity contribution in [2.75, 3.05) is 32.0 Å². The number of anilines is 1. The molecule has 2 bridgehead atoms. The second-order valence-electron chi connectivity index (χ2n) is 8.88. The van der Waals surface area contributed by atoms with Crippen LogP contribution in [0.3, 0.4) is 0 Å². The molecule has 1 N–H and O–H groups in total. The van der Waals surface area contributed by atoms with E-state index in [-0.39, 0.29) is 17.6 Å². The SMILES string of the molecule is Cc1ccc(C(=O)N2C[C@H]3CC[C@@H](C2)N(C)C3)cc1NC(=O)c1cc2ccccc2o1. The number of carbonyl (C=O) groups is 2. The van der Waals surface area contributed by atoms with Gasteiger partial charge in [-0.2, -0.15) is 0 Å². The summed E-state index contributed by atoms with van der Waals surface area (Å²) in [6, 6.07) is 15.2. The summed E-state index contributed by atoms with van der Waals surface area (Å²) in [5, 5.41) is 3.81. The lowest BCUT2D eigenvalue weighted by Crippen LogP contribution is -2.41. The van der Waals surface area contributed by atoms with Crippen molar-refractivity contribution in [2.45, 2.75) is 25.8 Å². The van der Waals surface area contributed by atoms with Gasteiger partial charge in [-0.25, -0.2) is 0 Å². The molecule has 6 nitrogen and oxygen atoms in total. The Balaban J connectivity index is 1.36. The number of amides is 2. The van der Waals surface area contributed by atoms with E-state index < -0.39 is 0 Å². The van der Waals surface area contributed by atoms with Crippen LogP contribution < -0.4 is 5.32 Å². The number of nitrogens with zero attached hydrogens (tertiary/aromatic N) is 2. The van der Waals surface area contributed by atoms with Crippen LogP contribution in [0, 0.1) is 12.8 Å². The number of para-hydroxylation sites is 1. The molecule has 0 aliphatic carbocycles. The number of carbonyl (C=O) groups excluding carboxylic acids is 2. The van der Waals surface area contributed by atoms with E-state index in [0.29, 0.717) is 28.8 Å². The van der Waals surface area contributed by atoms with Crippen molar-refractivity contribution in [3.8, 4) is 0 Å². The topological polar surface area (TPSA) is 65.8 Å². The van der Waals surface area contributed by atoms with E-state index in [0.717, 1.165) is 37.0 Å². The van der Waals surface area contributed by atoms with Crippen LogP contribution >= 0.6 is 0 Å². The number of fused-ring (bicyclic) bond motifs is 5. The predicted octanol–water partition coefficient (Wildman–Crippen LogP) is 4.16. The molecule has 6 heteroatoms. The van der Waals surface area contributed by atoms with E-state index in [9.17, 15) is 9.59 Å². The Bertz CT molecular complexity index is 1120. The Kier molecular flexibility index (Phi) is 5.02. The molecular formula is C25H27N3O3. The highest BCUT2D eigenvalue weighted by Crippen LogP contribution is 2.28. The lowest BCUT2D eigenvalue weighted by molar-refractivity contribution is 0.0742. The minimum atomic E-state index is -0.321. The van der Waals surface area contributed by atoms with Crippen LogP contribution in [0.2, 0.25) is 0 Å². The zero-order chi connectivity index (χ0) is 21.5. The Hall–Kier alpha value is -3.12. The number of hydrogen-bond acceptors (Lipinski definition) is 4. The van der Waals surface area contributed by atoms with Crippen LogP contribution in [0.5, 0.6) is 0 Å². The van der Waals surface area contributed by atoms with Crippen LogP contribution in [0.25, 0.3) is 11.0 Å². The lowest BCUT2D eigenvalue weighted by Gasteiger charge is -2.32. The summed E-state index contributed by atoms with van der Waals surface area (Å²) >= 11 is 0. The van der Waals surface area contributed by atoms with E-state index in [1.54, 1.807) is 12.1 Å². The average Bonchev–Trinajstić information content (AvgIpc) is 3.01. The van der Waals surface area contributed by atoms with Crippen LogP contribution in [-0.2, 0) is 0 Å². The smallest absolute Gasteiger partial charge is 0.291 e. The molecule has 0 saturated carbocycles. The molecule has 3 aromatic rings. The molecule has 3 aliphatic heterocycles. The van der Waals surface area contributed by atoms with Crippen LogP contribution in [0.15, 0.2) is 52.9 Å².